The van der Waals surface area contributed by atoms with Crippen LogP contribution in [-0.4, -0.2) is 43.6 Å². The van der Waals surface area contributed by atoms with Crippen LogP contribution in [0.3, 0.4) is 0 Å². The average Bonchev–Trinajstić information content (AvgIpc) is 3.05. The minimum Gasteiger partial charge on any atom is -0.342 e. The minimum absolute atomic E-state index is 0.00448. The van der Waals surface area contributed by atoms with E-state index in [0.717, 1.165) is 5.56 Å². The van der Waals surface area contributed by atoms with Gasteiger partial charge in [0.2, 0.25) is 5.91 Å². The lowest BCUT2D eigenvalue weighted by Crippen LogP contribution is -2.41. The molecule has 2 aromatic heterocycles. The molecule has 0 aliphatic carbocycles. The first-order valence-corrected chi connectivity index (χ1v) is 9.03. The standard InChI is InChI=1S/C19H24N6O2/c1-4-25(5-2)19(27)16(13-9-7-6-8-10-13)20-12-15-22-17-14(18(26)23-15)11-21-24(17)3/h6-11,16,20H,4-5,12H2,1-3H3,(H,22,23,26). The molecule has 0 saturated carbocycles. The van der Waals surface area contributed by atoms with Crippen LogP contribution in [0.15, 0.2) is 41.3 Å². The van der Waals surface area contributed by atoms with Crippen molar-refractivity contribution in [3.05, 3.63) is 58.3 Å². The Morgan fingerprint density at radius 3 is 2.63 bits per heavy atom. The van der Waals surface area contributed by atoms with E-state index in [4.69, 9.17) is 0 Å². The van der Waals surface area contributed by atoms with Gasteiger partial charge in [0.05, 0.1) is 12.7 Å². The number of amides is 1. The number of likely N-dealkylation sites (N-methyl/N-ethyl adjacent to an activating group) is 1. The first-order valence-electron chi connectivity index (χ1n) is 9.03. The summed E-state index contributed by atoms with van der Waals surface area (Å²) < 4.78 is 1.56. The minimum atomic E-state index is -0.515. The molecule has 3 aromatic rings. The van der Waals surface area contributed by atoms with Gasteiger partial charge in [0.25, 0.3) is 5.56 Å². The van der Waals surface area contributed by atoms with Crippen molar-refractivity contribution in [1.82, 2.24) is 30.0 Å². The normalized spacial score (nSPS) is 12.3. The average molecular weight is 368 g/mol. The zero-order chi connectivity index (χ0) is 19.4. The fourth-order valence-electron chi connectivity index (χ4n) is 3.07. The number of hydrogen-bond donors (Lipinski definition) is 2. The van der Waals surface area contributed by atoms with Gasteiger partial charge in [-0.15, -0.1) is 0 Å². The van der Waals surface area contributed by atoms with E-state index in [1.54, 1.807) is 16.6 Å². The van der Waals surface area contributed by atoms with Crippen LogP contribution in [0, 0.1) is 0 Å². The number of fused-ring (bicyclic) bond motifs is 1. The van der Waals surface area contributed by atoms with Crippen LogP contribution in [-0.2, 0) is 18.4 Å². The van der Waals surface area contributed by atoms with Crippen molar-refractivity contribution in [3.63, 3.8) is 0 Å². The lowest BCUT2D eigenvalue weighted by molar-refractivity contribution is -0.133. The highest BCUT2D eigenvalue weighted by atomic mass is 16.2. The maximum Gasteiger partial charge on any atom is 0.262 e. The molecule has 3 rings (SSSR count). The second-order valence-corrected chi connectivity index (χ2v) is 6.25. The molecule has 0 aliphatic rings. The summed E-state index contributed by atoms with van der Waals surface area (Å²) >= 11 is 0. The Morgan fingerprint density at radius 2 is 1.96 bits per heavy atom. The number of carbonyl (C=O) groups excluding carboxylic acids is 1. The van der Waals surface area contributed by atoms with Gasteiger partial charge in [-0.05, 0) is 19.4 Å². The van der Waals surface area contributed by atoms with Gasteiger partial charge in [-0.1, -0.05) is 30.3 Å². The summed E-state index contributed by atoms with van der Waals surface area (Å²) in [4.78, 5) is 34.2. The molecular formula is C19H24N6O2. The molecule has 142 valence electrons. The molecule has 0 fully saturated rings. The lowest BCUT2D eigenvalue weighted by Gasteiger charge is -2.26. The molecule has 1 aromatic carbocycles. The number of aryl methyl sites for hydroxylation is 1. The highest BCUT2D eigenvalue weighted by Crippen LogP contribution is 2.16. The van der Waals surface area contributed by atoms with E-state index in [0.29, 0.717) is 29.9 Å². The first kappa shape index (κ1) is 18.8. The van der Waals surface area contributed by atoms with Gasteiger partial charge >= 0.3 is 0 Å². The van der Waals surface area contributed by atoms with Crippen LogP contribution in [0.2, 0.25) is 0 Å². The third-order valence-corrected chi connectivity index (χ3v) is 4.58. The molecular weight excluding hydrogens is 344 g/mol. The summed E-state index contributed by atoms with van der Waals surface area (Å²) in [5.74, 6) is 0.458. The Bertz CT molecular complexity index is 975. The summed E-state index contributed by atoms with van der Waals surface area (Å²) in [6, 6.07) is 9.04. The Morgan fingerprint density at radius 1 is 1.26 bits per heavy atom. The van der Waals surface area contributed by atoms with E-state index in [1.807, 2.05) is 44.2 Å². The van der Waals surface area contributed by atoms with Crippen molar-refractivity contribution in [1.29, 1.82) is 0 Å². The van der Waals surface area contributed by atoms with Crippen LogP contribution >= 0.6 is 0 Å². The molecule has 1 unspecified atom stereocenters. The van der Waals surface area contributed by atoms with Gasteiger partial charge < -0.3 is 9.88 Å². The van der Waals surface area contributed by atoms with E-state index in [-0.39, 0.29) is 18.0 Å². The molecule has 27 heavy (non-hydrogen) atoms. The van der Waals surface area contributed by atoms with Gasteiger partial charge in [-0.3, -0.25) is 19.6 Å². The Balaban J connectivity index is 1.87. The van der Waals surface area contributed by atoms with Crippen LogP contribution in [0.5, 0.6) is 0 Å². The van der Waals surface area contributed by atoms with Crippen molar-refractivity contribution >= 4 is 16.9 Å². The lowest BCUT2D eigenvalue weighted by atomic mass is 10.1. The van der Waals surface area contributed by atoms with Crippen molar-refractivity contribution in [2.75, 3.05) is 13.1 Å². The largest absolute Gasteiger partial charge is 0.342 e. The molecule has 1 amide bonds. The third-order valence-electron chi connectivity index (χ3n) is 4.58. The number of benzene rings is 1. The van der Waals surface area contributed by atoms with E-state index >= 15 is 0 Å². The van der Waals surface area contributed by atoms with Crippen LogP contribution < -0.4 is 10.9 Å². The molecule has 8 heteroatoms. The molecule has 2 N–H and O–H groups in total. The number of rotatable bonds is 7. The molecule has 0 saturated heterocycles. The van der Waals surface area contributed by atoms with E-state index in [1.165, 1.54) is 6.20 Å². The summed E-state index contributed by atoms with van der Waals surface area (Å²) in [5.41, 5.74) is 1.15. The van der Waals surface area contributed by atoms with E-state index in [9.17, 15) is 9.59 Å². The van der Waals surface area contributed by atoms with Crippen LogP contribution in [0.4, 0.5) is 0 Å². The van der Waals surface area contributed by atoms with E-state index in [2.05, 4.69) is 20.4 Å². The van der Waals surface area contributed by atoms with E-state index < -0.39 is 6.04 Å². The maximum atomic E-state index is 13.0. The highest BCUT2D eigenvalue weighted by molar-refractivity contribution is 5.83. The fourth-order valence-corrected chi connectivity index (χ4v) is 3.07. The zero-order valence-electron chi connectivity index (χ0n) is 15.8. The Kier molecular flexibility index (Phi) is 5.66. The fraction of sp³-hybridized carbons (Fsp3) is 0.368. The number of nitrogens with one attached hydrogen (secondary N) is 2. The first-order chi connectivity index (χ1) is 13.0. The molecule has 0 radical (unpaired) electrons. The summed E-state index contributed by atoms with van der Waals surface area (Å²) in [5, 5.41) is 7.76. The number of carbonyl (C=O) groups is 1. The topological polar surface area (TPSA) is 95.9 Å². The predicted molar refractivity (Wildman–Crippen MR) is 103 cm³/mol. The number of hydrogen-bond acceptors (Lipinski definition) is 5. The maximum absolute atomic E-state index is 13.0. The number of H-pyrrole nitrogens is 1. The quantitative estimate of drug-likeness (QED) is 0.656. The number of aromatic amines is 1. The second-order valence-electron chi connectivity index (χ2n) is 6.25. The predicted octanol–water partition coefficient (Wildman–Crippen LogP) is 1.36. The summed E-state index contributed by atoms with van der Waals surface area (Å²) in [6.45, 7) is 5.44. The zero-order valence-corrected chi connectivity index (χ0v) is 15.8. The number of aromatic nitrogens is 4. The van der Waals surface area contributed by atoms with Crippen molar-refractivity contribution in [2.45, 2.75) is 26.4 Å². The van der Waals surface area contributed by atoms with Crippen molar-refractivity contribution in [2.24, 2.45) is 7.05 Å². The molecule has 0 aliphatic heterocycles. The molecule has 2 heterocycles. The smallest absolute Gasteiger partial charge is 0.262 e. The van der Waals surface area contributed by atoms with Gasteiger partial charge in [-0.2, -0.15) is 5.10 Å². The Labute approximate surface area is 157 Å². The second kappa shape index (κ2) is 8.13. The van der Waals surface area contributed by atoms with Crippen molar-refractivity contribution in [3.8, 4) is 0 Å². The Hall–Kier alpha value is -3.00. The van der Waals surface area contributed by atoms with Gasteiger partial charge in [0.1, 0.15) is 17.3 Å². The SMILES string of the molecule is CCN(CC)C(=O)C(NCc1nc2c(cnn2C)c(=O)[nH]1)c1ccccc1. The molecule has 0 spiro atoms. The molecule has 0 bridgehead atoms. The monoisotopic (exact) mass is 368 g/mol. The van der Waals surface area contributed by atoms with Gasteiger partial charge in [-0.25, -0.2) is 4.98 Å². The molecule has 1 atom stereocenters. The van der Waals surface area contributed by atoms with Gasteiger partial charge in [0, 0.05) is 20.1 Å². The number of nitrogens with zero attached hydrogens (tertiary/aromatic N) is 4. The summed E-state index contributed by atoms with van der Waals surface area (Å²) in [6.07, 6.45) is 1.50. The molecule has 8 nitrogen and oxygen atoms in total. The van der Waals surface area contributed by atoms with Crippen LogP contribution in [0.1, 0.15) is 31.3 Å². The van der Waals surface area contributed by atoms with Crippen molar-refractivity contribution < 1.29 is 4.79 Å². The highest BCUT2D eigenvalue weighted by Gasteiger charge is 2.24. The van der Waals surface area contributed by atoms with Gasteiger partial charge in [0.15, 0.2) is 5.65 Å². The third kappa shape index (κ3) is 3.90. The van der Waals surface area contributed by atoms with Crippen LogP contribution in [0.25, 0.3) is 11.0 Å². The summed E-state index contributed by atoms with van der Waals surface area (Å²) in [7, 11) is 1.74.